The first kappa shape index (κ1) is 16.8. The number of urea groups is 1. The number of amides is 2. The number of hydrogen-bond acceptors (Lipinski definition) is 2. The molecule has 3 atom stereocenters. The highest BCUT2D eigenvalue weighted by atomic mass is 16.4. The molecule has 0 aromatic carbocycles. The monoisotopic (exact) mass is 284 g/mol. The molecule has 2 amide bonds. The molecule has 1 saturated carbocycles. The lowest BCUT2D eigenvalue weighted by Gasteiger charge is -2.32. The number of carbonyl (C=O) groups is 2. The maximum Gasteiger partial charge on any atom is 0.315 e. The number of rotatable bonds is 6. The van der Waals surface area contributed by atoms with Gasteiger partial charge < -0.3 is 15.7 Å². The minimum absolute atomic E-state index is 0.201. The number of carboxylic acid groups (broad SMARTS) is 1. The third-order valence-electron chi connectivity index (χ3n) is 4.01. The smallest absolute Gasteiger partial charge is 0.315 e. The third kappa shape index (κ3) is 5.80. The highest BCUT2D eigenvalue weighted by molar-refractivity contribution is 5.76. The van der Waals surface area contributed by atoms with E-state index in [9.17, 15) is 9.59 Å². The van der Waals surface area contributed by atoms with Gasteiger partial charge in [0.15, 0.2) is 0 Å². The van der Waals surface area contributed by atoms with E-state index in [-0.39, 0.29) is 18.6 Å². The quantitative estimate of drug-likeness (QED) is 0.701. The van der Waals surface area contributed by atoms with Crippen molar-refractivity contribution in [1.82, 2.24) is 10.6 Å². The minimum Gasteiger partial charge on any atom is -0.481 e. The van der Waals surface area contributed by atoms with Crippen molar-refractivity contribution in [2.24, 2.45) is 17.8 Å². The van der Waals surface area contributed by atoms with Crippen LogP contribution in [0.15, 0.2) is 0 Å². The molecule has 0 aromatic rings. The van der Waals surface area contributed by atoms with Gasteiger partial charge in [0.1, 0.15) is 0 Å². The highest BCUT2D eigenvalue weighted by Gasteiger charge is 2.25. The molecule has 0 heterocycles. The van der Waals surface area contributed by atoms with Gasteiger partial charge in [-0.2, -0.15) is 0 Å². The predicted molar refractivity (Wildman–Crippen MR) is 78.5 cm³/mol. The van der Waals surface area contributed by atoms with Crippen LogP contribution < -0.4 is 10.6 Å². The molecule has 0 aromatic heterocycles. The predicted octanol–water partition coefficient (Wildman–Crippen LogP) is 2.61. The standard InChI is InChI=1S/C15H28N2O3/c1-4-5-12(14(18)19)9-16-15(20)17-13-7-10(2)6-11(3)8-13/h10-13H,4-9H2,1-3H3,(H,18,19)(H2,16,17,20). The number of hydrogen-bond donors (Lipinski definition) is 3. The zero-order chi connectivity index (χ0) is 15.1. The summed E-state index contributed by atoms with van der Waals surface area (Å²) in [6.07, 6.45) is 4.63. The average molecular weight is 284 g/mol. The SMILES string of the molecule is CCCC(CNC(=O)NC1CC(C)CC(C)C1)C(=O)O. The van der Waals surface area contributed by atoms with Crippen molar-refractivity contribution in [3.63, 3.8) is 0 Å². The molecule has 1 rings (SSSR count). The fourth-order valence-corrected chi connectivity index (χ4v) is 3.18. The second-order valence-corrected chi connectivity index (χ2v) is 6.29. The first-order valence-electron chi connectivity index (χ1n) is 7.69. The van der Waals surface area contributed by atoms with Crippen LogP contribution in [0.1, 0.15) is 52.9 Å². The molecule has 3 unspecified atom stereocenters. The summed E-state index contributed by atoms with van der Waals surface area (Å²) in [6, 6.07) is -0.0261. The van der Waals surface area contributed by atoms with E-state index in [1.807, 2.05) is 6.92 Å². The number of nitrogens with one attached hydrogen (secondary N) is 2. The lowest BCUT2D eigenvalue weighted by Crippen LogP contribution is -2.46. The normalized spacial score (nSPS) is 27.6. The maximum atomic E-state index is 11.8. The Kier molecular flexibility index (Phi) is 6.82. The van der Waals surface area contributed by atoms with E-state index in [1.54, 1.807) is 0 Å². The molecule has 0 aliphatic heterocycles. The Hall–Kier alpha value is -1.26. The lowest BCUT2D eigenvalue weighted by atomic mass is 9.80. The summed E-state index contributed by atoms with van der Waals surface area (Å²) in [5.74, 6) is -0.0613. The summed E-state index contributed by atoms with van der Waals surface area (Å²) in [4.78, 5) is 22.8. The molecular weight excluding hydrogens is 256 g/mol. The Balaban J connectivity index is 2.33. The fourth-order valence-electron chi connectivity index (χ4n) is 3.18. The first-order valence-corrected chi connectivity index (χ1v) is 7.69. The first-order chi connectivity index (χ1) is 9.42. The molecule has 3 N–H and O–H groups in total. The van der Waals surface area contributed by atoms with Crippen molar-refractivity contribution >= 4 is 12.0 Å². The van der Waals surface area contributed by atoms with E-state index in [0.717, 1.165) is 19.3 Å². The molecular formula is C15H28N2O3. The Bertz CT molecular complexity index is 323. The zero-order valence-corrected chi connectivity index (χ0v) is 12.8. The van der Waals surface area contributed by atoms with E-state index in [1.165, 1.54) is 6.42 Å². The molecule has 0 spiro atoms. The van der Waals surface area contributed by atoms with Crippen molar-refractivity contribution in [2.45, 2.75) is 58.9 Å². The van der Waals surface area contributed by atoms with E-state index >= 15 is 0 Å². The Labute approximate surface area is 121 Å². The molecule has 20 heavy (non-hydrogen) atoms. The van der Waals surface area contributed by atoms with Gasteiger partial charge in [-0.1, -0.05) is 27.2 Å². The van der Waals surface area contributed by atoms with Gasteiger partial charge in [-0.05, 0) is 37.5 Å². The molecule has 0 radical (unpaired) electrons. The average Bonchev–Trinajstić information content (AvgIpc) is 2.32. The molecule has 5 heteroatoms. The van der Waals surface area contributed by atoms with Gasteiger partial charge in [0.2, 0.25) is 0 Å². The fraction of sp³-hybridized carbons (Fsp3) is 0.867. The van der Waals surface area contributed by atoms with E-state index in [2.05, 4.69) is 24.5 Å². The molecule has 0 bridgehead atoms. The minimum atomic E-state index is -0.841. The summed E-state index contributed by atoms with van der Waals surface area (Å²) in [5, 5.41) is 14.7. The van der Waals surface area contributed by atoms with Gasteiger partial charge in [-0.25, -0.2) is 4.79 Å². The summed E-state index contributed by atoms with van der Waals surface area (Å²) < 4.78 is 0. The zero-order valence-electron chi connectivity index (χ0n) is 12.8. The molecule has 1 aliphatic carbocycles. The van der Waals surface area contributed by atoms with Gasteiger partial charge in [-0.15, -0.1) is 0 Å². The summed E-state index contributed by atoms with van der Waals surface area (Å²) in [7, 11) is 0. The van der Waals surface area contributed by atoms with Crippen LogP contribution in [0.2, 0.25) is 0 Å². The van der Waals surface area contributed by atoms with E-state index < -0.39 is 11.9 Å². The molecule has 5 nitrogen and oxygen atoms in total. The van der Waals surface area contributed by atoms with Crippen LogP contribution in [0.3, 0.4) is 0 Å². The molecule has 116 valence electrons. The Morgan fingerprint density at radius 1 is 1.20 bits per heavy atom. The van der Waals surface area contributed by atoms with Gasteiger partial charge in [-0.3, -0.25) is 4.79 Å². The van der Waals surface area contributed by atoms with Crippen LogP contribution in [0.25, 0.3) is 0 Å². The van der Waals surface area contributed by atoms with Crippen LogP contribution in [0.5, 0.6) is 0 Å². The van der Waals surface area contributed by atoms with Gasteiger partial charge in [0.25, 0.3) is 0 Å². The van der Waals surface area contributed by atoms with Crippen LogP contribution >= 0.6 is 0 Å². The van der Waals surface area contributed by atoms with Crippen molar-refractivity contribution in [3.8, 4) is 0 Å². The summed E-state index contributed by atoms with van der Waals surface area (Å²) in [6.45, 7) is 6.57. The molecule has 0 saturated heterocycles. The summed E-state index contributed by atoms with van der Waals surface area (Å²) >= 11 is 0. The topological polar surface area (TPSA) is 78.4 Å². The molecule has 1 fully saturated rings. The van der Waals surface area contributed by atoms with Crippen LogP contribution in [0, 0.1) is 17.8 Å². The van der Waals surface area contributed by atoms with Gasteiger partial charge in [0.05, 0.1) is 5.92 Å². The largest absolute Gasteiger partial charge is 0.481 e. The third-order valence-corrected chi connectivity index (χ3v) is 4.01. The van der Waals surface area contributed by atoms with Crippen LogP contribution in [-0.4, -0.2) is 29.7 Å². The van der Waals surface area contributed by atoms with Crippen molar-refractivity contribution < 1.29 is 14.7 Å². The van der Waals surface area contributed by atoms with Crippen LogP contribution in [0.4, 0.5) is 4.79 Å². The van der Waals surface area contributed by atoms with Crippen molar-refractivity contribution in [3.05, 3.63) is 0 Å². The van der Waals surface area contributed by atoms with Crippen molar-refractivity contribution in [2.75, 3.05) is 6.54 Å². The Morgan fingerprint density at radius 2 is 1.80 bits per heavy atom. The molecule has 1 aliphatic rings. The maximum absolute atomic E-state index is 11.8. The van der Waals surface area contributed by atoms with Crippen molar-refractivity contribution in [1.29, 1.82) is 0 Å². The van der Waals surface area contributed by atoms with E-state index in [4.69, 9.17) is 5.11 Å². The van der Waals surface area contributed by atoms with Gasteiger partial charge >= 0.3 is 12.0 Å². The van der Waals surface area contributed by atoms with Crippen LogP contribution in [-0.2, 0) is 4.79 Å². The van der Waals surface area contributed by atoms with Gasteiger partial charge in [0, 0.05) is 12.6 Å². The summed E-state index contributed by atoms with van der Waals surface area (Å²) in [5.41, 5.74) is 0. The Morgan fingerprint density at radius 3 is 2.30 bits per heavy atom. The number of carbonyl (C=O) groups excluding carboxylic acids is 1. The lowest BCUT2D eigenvalue weighted by molar-refractivity contribution is -0.141. The highest BCUT2D eigenvalue weighted by Crippen LogP contribution is 2.28. The second-order valence-electron chi connectivity index (χ2n) is 6.29. The second kappa shape index (κ2) is 8.12. The number of carboxylic acids is 1. The van der Waals surface area contributed by atoms with E-state index in [0.29, 0.717) is 18.3 Å². The number of aliphatic carboxylic acids is 1.